The molecule has 1 aliphatic carbocycles. The van der Waals surface area contributed by atoms with Crippen molar-refractivity contribution in [2.75, 3.05) is 5.32 Å². The summed E-state index contributed by atoms with van der Waals surface area (Å²) in [5.41, 5.74) is 8.63. The van der Waals surface area contributed by atoms with Gasteiger partial charge in [0.1, 0.15) is 17.4 Å². The number of nitrogens with one attached hydrogen (secondary N) is 1. The zero-order valence-corrected chi connectivity index (χ0v) is 17.6. The summed E-state index contributed by atoms with van der Waals surface area (Å²) in [6.07, 6.45) is 2.76. The highest BCUT2D eigenvalue weighted by atomic mass is 32.1. The summed E-state index contributed by atoms with van der Waals surface area (Å²) in [6, 6.07) is 16.9. The number of hydrogen-bond donors (Lipinski definition) is 2. The van der Waals surface area contributed by atoms with Gasteiger partial charge in [-0.25, -0.2) is 0 Å². The topological polar surface area (TPSA) is 81.4 Å². The maximum Gasteiger partial charge on any atom is 0.256 e. The average Bonchev–Trinajstić information content (AvgIpc) is 3.10. The fraction of sp³-hybridized carbons (Fsp3) is 0.250. The number of ether oxygens (including phenoxy) is 1. The number of carbonyl (C=O) groups is 2. The molecule has 1 aromatic heterocycles. The summed E-state index contributed by atoms with van der Waals surface area (Å²) >= 11 is 1.46. The number of hydrogen-bond acceptors (Lipinski definition) is 4. The molecule has 0 saturated heterocycles. The number of carbonyl (C=O) groups excluding carboxylic acids is 2. The molecule has 0 fully saturated rings. The molecule has 154 valence electrons. The normalized spacial score (nSPS) is 15.3. The second kappa shape index (κ2) is 8.71. The Balaban J connectivity index is 1.51. The van der Waals surface area contributed by atoms with Crippen molar-refractivity contribution in [2.45, 2.75) is 32.8 Å². The van der Waals surface area contributed by atoms with Gasteiger partial charge in [-0.05, 0) is 54.5 Å². The molecule has 0 unspecified atom stereocenters. The van der Waals surface area contributed by atoms with Crippen LogP contribution in [-0.2, 0) is 19.4 Å². The van der Waals surface area contributed by atoms with Crippen LogP contribution < -0.4 is 15.8 Å². The van der Waals surface area contributed by atoms with Gasteiger partial charge >= 0.3 is 0 Å². The highest BCUT2D eigenvalue weighted by Gasteiger charge is 2.27. The van der Waals surface area contributed by atoms with Crippen LogP contribution in [0.4, 0.5) is 5.00 Å². The Morgan fingerprint density at radius 3 is 2.73 bits per heavy atom. The first-order chi connectivity index (χ1) is 14.5. The van der Waals surface area contributed by atoms with Gasteiger partial charge in [0.25, 0.3) is 11.8 Å². The SMILES string of the molecule is C[C@H]1CCc2c(sc(NC(=O)c3cccc(OCc4ccccc4)c3)c2C(N)=O)C1. The van der Waals surface area contributed by atoms with Gasteiger partial charge in [-0.2, -0.15) is 0 Å². The van der Waals surface area contributed by atoms with E-state index in [0.29, 0.717) is 34.4 Å². The molecule has 3 N–H and O–H groups in total. The van der Waals surface area contributed by atoms with Crippen LogP contribution in [0.5, 0.6) is 5.75 Å². The number of primary amides is 1. The first kappa shape index (κ1) is 20.2. The molecule has 2 amide bonds. The number of nitrogens with two attached hydrogens (primary N) is 1. The standard InChI is InChI=1S/C24H24N2O3S/c1-15-10-11-19-20(12-15)30-24(21(19)22(25)27)26-23(28)17-8-5-9-18(13-17)29-14-16-6-3-2-4-7-16/h2-9,13,15H,10-12,14H2,1H3,(H2,25,27)(H,26,28)/t15-/m0/s1. The number of fused-ring (bicyclic) bond motifs is 1. The molecule has 5 nitrogen and oxygen atoms in total. The Bertz CT molecular complexity index is 1080. The average molecular weight is 421 g/mol. The monoisotopic (exact) mass is 420 g/mol. The molecule has 0 radical (unpaired) electrons. The van der Waals surface area contributed by atoms with Crippen molar-refractivity contribution < 1.29 is 14.3 Å². The molecule has 2 aromatic carbocycles. The van der Waals surface area contributed by atoms with Gasteiger partial charge in [0.15, 0.2) is 0 Å². The summed E-state index contributed by atoms with van der Waals surface area (Å²) < 4.78 is 5.82. The summed E-state index contributed by atoms with van der Waals surface area (Å²) in [6.45, 7) is 2.62. The summed E-state index contributed by atoms with van der Waals surface area (Å²) in [5, 5.41) is 3.45. The summed E-state index contributed by atoms with van der Waals surface area (Å²) in [7, 11) is 0. The molecule has 3 aromatic rings. The number of amides is 2. The summed E-state index contributed by atoms with van der Waals surface area (Å²) in [5.74, 6) is 0.409. The van der Waals surface area contributed by atoms with Gasteiger partial charge < -0.3 is 15.8 Å². The third-order valence-electron chi connectivity index (χ3n) is 5.33. The van der Waals surface area contributed by atoms with Gasteiger partial charge in [-0.15, -0.1) is 11.3 Å². The Labute approximate surface area is 179 Å². The summed E-state index contributed by atoms with van der Waals surface area (Å²) in [4.78, 5) is 26.1. The van der Waals surface area contributed by atoms with Crippen LogP contribution in [0, 0.1) is 5.92 Å². The second-order valence-corrected chi connectivity index (χ2v) is 8.78. The first-order valence-corrected chi connectivity index (χ1v) is 10.9. The van der Waals surface area contributed by atoms with E-state index < -0.39 is 5.91 Å². The fourth-order valence-electron chi connectivity index (χ4n) is 3.74. The van der Waals surface area contributed by atoms with Crippen LogP contribution in [0.25, 0.3) is 0 Å². The van der Waals surface area contributed by atoms with E-state index in [9.17, 15) is 9.59 Å². The number of anilines is 1. The number of thiophene rings is 1. The van der Waals surface area contributed by atoms with Crippen molar-refractivity contribution >= 4 is 28.2 Å². The van der Waals surface area contributed by atoms with Crippen LogP contribution >= 0.6 is 11.3 Å². The molecule has 0 spiro atoms. The number of rotatable bonds is 6. The minimum Gasteiger partial charge on any atom is -0.489 e. The molecule has 0 saturated carbocycles. The van der Waals surface area contributed by atoms with Gasteiger partial charge in [0.2, 0.25) is 0 Å². The van der Waals surface area contributed by atoms with Crippen molar-refractivity contribution in [3.8, 4) is 5.75 Å². The molecule has 1 heterocycles. The lowest BCUT2D eigenvalue weighted by Crippen LogP contribution is -2.19. The van der Waals surface area contributed by atoms with Crippen LogP contribution in [0.3, 0.4) is 0 Å². The third kappa shape index (κ3) is 4.39. The Morgan fingerprint density at radius 1 is 1.17 bits per heavy atom. The molecule has 0 bridgehead atoms. The minimum absolute atomic E-state index is 0.283. The van der Waals surface area contributed by atoms with E-state index in [4.69, 9.17) is 10.5 Å². The molecule has 1 atom stereocenters. The highest BCUT2D eigenvalue weighted by molar-refractivity contribution is 7.17. The van der Waals surface area contributed by atoms with Crippen molar-refractivity contribution in [3.05, 3.63) is 81.7 Å². The van der Waals surface area contributed by atoms with Crippen LogP contribution in [0.15, 0.2) is 54.6 Å². The lowest BCUT2D eigenvalue weighted by molar-refractivity contribution is 0.1000. The predicted octanol–water partition coefficient (Wildman–Crippen LogP) is 4.80. The molecular formula is C24H24N2O3S. The van der Waals surface area contributed by atoms with E-state index >= 15 is 0 Å². The van der Waals surface area contributed by atoms with E-state index in [1.54, 1.807) is 18.2 Å². The lowest BCUT2D eigenvalue weighted by atomic mass is 9.88. The smallest absolute Gasteiger partial charge is 0.256 e. The first-order valence-electron chi connectivity index (χ1n) is 10.0. The van der Waals surface area contributed by atoms with Gasteiger partial charge in [0, 0.05) is 10.4 Å². The van der Waals surface area contributed by atoms with Crippen LogP contribution in [0.1, 0.15) is 50.1 Å². The van der Waals surface area contributed by atoms with E-state index in [1.807, 2.05) is 36.4 Å². The molecule has 0 aliphatic heterocycles. The highest BCUT2D eigenvalue weighted by Crippen LogP contribution is 2.39. The quantitative estimate of drug-likeness (QED) is 0.601. The van der Waals surface area contributed by atoms with E-state index in [2.05, 4.69) is 12.2 Å². The fourth-order valence-corrected chi connectivity index (χ4v) is 5.15. The van der Waals surface area contributed by atoms with Gasteiger partial charge in [-0.3, -0.25) is 9.59 Å². The van der Waals surface area contributed by atoms with Gasteiger partial charge in [0.05, 0.1) is 5.56 Å². The molecule has 1 aliphatic rings. The third-order valence-corrected chi connectivity index (χ3v) is 6.50. The van der Waals surface area contributed by atoms with Crippen molar-refractivity contribution in [1.82, 2.24) is 0 Å². The van der Waals surface area contributed by atoms with Crippen molar-refractivity contribution in [2.24, 2.45) is 11.7 Å². The lowest BCUT2D eigenvalue weighted by Gasteiger charge is -2.18. The zero-order chi connectivity index (χ0) is 21.1. The minimum atomic E-state index is -0.489. The van der Waals surface area contributed by atoms with Crippen LogP contribution in [0.2, 0.25) is 0 Å². The Morgan fingerprint density at radius 2 is 1.97 bits per heavy atom. The second-order valence-electron chi connectivity index (χ2n) is 7.68. The molecule has 30 heavy (non-hydrogen) atoms. The Kier molecular flexibility index (Phi) is 5.86. The van der Waals surface area contributed by atoms with E-state index in [0.717, 1.165) is 35.3 Å². The Hall–Kier alpha value is -3.12. The van der Waals surface area contributed by atoms with Gasteiger partial charge in [-0.1, -0.05) is 43.3 Å². The molecular weight excluding hydrogens is 396 g/mol. The maximum absolute atomic E-state index is 12.9. The largest absolute Gasteiger partial charge is 0.489 e. The molecule has 4 rings (SSSR count). The maximum atomic E-state index is 12.9. The van der Waals surface area contributed by atoms with Crippen LogP contribution in [-0.4, -0.2) is 11.8 Å². The predicted molar refractivity (Wildman–Crippen MR) is 119 cm³/mol. The van der Waals surface area contributed by atoms with Crippen molar-refractivity contribution in [1.29, 1.82) is 0 Å². The number of benzene rings is 2. The van der Waals surface area contributed by atoms with E-state index in [1.165, 1.54) is 11.3 Å². The van der Waals surface area contributed by atoms with Crippen molar-refractivity contribution in [3.63, 3.8) is 0 Å². The van der Waals surface area contributed by atoms with E-state index in [-0.39, 0.29) is 5.91 Å². The zero-order valence-electron chi connectivity index (χ0n) is 16.8. The molecule has 6 heteroatoms.